The SMILES string of the molecule is CC(C)NCCCn1c(Sc2cc3c(cc2C#N)OCC3)nc2c(N)ncnc21. The molecule has 0 atom stereocenters. The molecule has 3 aromatic rings. The summed E-state index contributed by atoms with van der Waals surface area (Å²) in [6.45, 7) is 6.54. The van der Waals surface area contributed by atoms with Crippen LogP contribution >= 0.6 is 11.8 Å². The molecular weight excluding hydrogens is 386 g/mol. The third kappa shape index (κ3) is 3.99. The summed E-state index contributed by atoms with van der Waals surface area (Å²) in [4.78, 5) is 14.0. The van der Waals surface area contributed by atoms with Crippen LogP contribution in [0.4, 0.5) is 5.82 Å². The van der Waals surface area contributed by atoms with Gasteiger partial charge in [0.1, 0.15) is 18.1 Å². The fraction of sp³-hybridized carbons (Fsp3) is 0.400. The number of nitrogen functional groups attached to an aromatic ring is 1. The molecule has 0 saturated carbocycles. The van der Waals surface area contributed by atoms with Crippen LogP contribution < -0.4 is 15.8 Å². The standard InChI is InChI=1S/C20H23N7OS/c1-12(2)23-5-3-6-27-19-17(18(22)24-11-25-19)26-20(27)29-16-9-13-4-7-28-15(13)8-14(16)10-21/h8-9,11-12,23H,3-7H2,1-2H3,(H2,22,24,25). The average molecular weight is 410 g/mol. The highest BCUT2D eigenvalue weighted by molar-refractivity contribution is 7.99. The van der Waals surface area contributed by atoms with Crippen LogP contribution in [0.2, 0.25) is 0 Å². The van der Waals surface area contributed by atoms with Gasteiger partial charge in [-0.1, -0.05) is 25.6 Å². The lowest BCUT2D eigenvalue weighted by Gasteiger charge is -2.11. The van der Waals surface area contributed by atoms with Crippen LogP contribution in [0.15, 0.2) is 28.5 Å². The summed E-state index contributed by atoms with van der Waals surface area (Å²) in [5.74, 6) is 1.16. The van der Waals surface area contributed by atoms with Crippen molar-refractivity contribution in [1.29, 1.82) is 5.26 Å². The minimum atomic E-state index is 0.360. The largest absolute Gasteiger partial charge is 0.493 e. The minimum Gasteiger partial charge on any atom is -0.493 e. The summed E-state index contributed by atoms with van der Waals surface area (Å²) < 4.78 is 7.66. The summed E-state index contributed by atoms with van der Waals surface area (Å²) in [6, 6.07) is 6.56. The van der Waals surface area contributed by atoms with Gasteiger partial charge in [-0.15, -0.1) is 0 Å². The Morgan fingerprint density at radius 2 is 2.24 bits per heavy atom. The highest BCUT2D eigenvalue weighted by Gasteiger charge is 2.20. The molecular formula is C20H23N7OS. The topological polar surface area (TPSA) is 115 Å². The molecule has 3 N–H and O–H groups in total. The average Bonchev–Trinajstić information content (AvgIpc) is 3.29. The molecule has 0 radical (unpaired) electrons. The molecule has 1 aromatic carbocycles. The van der Waals surface area contributed by atoms with Crippen molar-refractivity contribution in [3.05, 3.63) is 29.6 Å². The molecule has 0 amide bonds. The maximum Gasteiger partial charge on any atom is 0.175 e. The van der Waals surface area contributed by atoms with Crippen LogP contribution in [0.25, 0.3) is 11.2 Å². The Labute approximate surface area is 173 Å². The van der Waals surface area contributed by atoms with Crippen molar-refractivity contribution in [2.75, 3.05) is 18.9 Å². The van der Waals surface area contributed by atoms with Crippen molar-refractivity contribution in [1.82, 2.24) is 24.8 Å². The Bertz CT molecular complexity index is 1090. The smallest absolute Gasteiger partial charge is 0.175 e. The molecule has 1 aliphatic rings. The molecule has 150 valence electrons. The van der Waals surface area contributed by atoms with Gasteiger partial charge in [0.15, 0.2) is 22.1 Å². The van der Waals surface area contributed by atoms with Gasteiger partial charge in [0.2, 0.25) is 0 Å². The van der Waals surface area contributed by atoms with Crippen molar-refractivity contribution >= 4 is 28.7 Å². The molecule has 0 unspecified atom stereocenters. The van der Waals surface area contributed by atoms with Gasteiger partial charge in [-0.2, -0.15) is 5.26 Å². The quantitative estimate of drug-likeness (QED) is 0.573. The number of benzene rings is 1. The van der Waals surface area contributed by atoms with Gasteiger partial charge in [-0.05, 0) is 30.7 Å². The molecule has 0 fully saturated rings. The Hall–Kier alpha value is -2.83. The Morgan fingerprint density at radius 1 is 1.38 bits per heavy atom. The van der Waals surface area contributed by atoms with Gasteiger partial charge in [0, 0.05) is 23.9 Å². The molecule has 8 nitrogen and oxygen atoms in total. The second-order valence-corrected chi connectivity index (χ2v) is 8.22. The first-order valence-corrected chi connectivity index (χ1v) is 10.5. The number of hydrogen-bond donors (Lipinski definition) is 2. The van der Waals surface area contributed by atoms with E-state index in [0.29, 0.717) is 35.2 Å². The van der Waals surface area contributed by atoms with Crippen molar-refractivity contribution in [2.24, 2.45) is 0 Å². The second-order valence-electron chi connectivity index (χ2n) is 7.21. The third-order valence-corrected chi connectivity index (χ3v) is 5.80. The molecule has 0 spiro atoms. The summed E-state index contributed by atoms with van der Waals surface area (Å²) in [7, 11) is 0. The number of nitrogens with one attached hydrogen (secondary N) is 1. The molecule has 29 heavy (non-hydrogen) atoms. The highest BCUT2D eigenvalue weighted by Crippen LogP contribution is 2.37. The van der Waals surface area contributed by atoms with Gasteiger partial charge >= 0.3 is 0 Å². The van der Waals surface area contributed by atoms with E-state index in [0.717, 1.165) is 47.3 Å². The van der Waals surface area contributed by atoms with E-state index in [4.69, 9.17) is 15.5 Å². The predicted molar refractivity (Wildman–Crippen MR) is 112 cm³/mol. The van der Waals surface area contributed by atoms with Crippen molar-refractivity contribution < 1.29 is 4.74 Å². The molecule has 0 aliphatic carbocycles. The normalized spacial score (nSPS) is 12.9. The molecule has 0 bridgehead atoms. The molecule has 9 heteroatoms. The number of imidazole rings is 1. The monoisotopic (exact) mass is 409 g/mol. The first-order chi connectivity index (χ1) is 14.1. The Balaban J connectivity index is 1.69. The fourth-order valence-corrected chi connectivity index (χ4v) is 4.35. The van der Waals surface area contributed by atoms with E-state index in [1.807, 2.05) is 12.1 Å². The van der Waals surface area contributed by atoms with Gasteiger partial charge in [0.05, 0.1) is 12.2 Å². The number of nitrogens with two attached hydrogens (primary N) is 1. The maximum absolute atomic E-state index is 9.61. The van der Waals surface area contributed by atoms with E-state index in [1.54, 1.807) is 0 Å². The number of rotatable bonds is 7. The number of hydrogen-bond acceptors (Lipinski definition) is 8. The molecule has 3 heterocycles. The lowest BCUT2D eigenvalue weighted by atomic mass is 10.1. The second kappa shape index (κ2) is 8.27. The zero-order valence-corrected chi connectivity index (χ0v) is 17.3. The van der Waals surface area contributed by atoms with Gasteiger partial charge in [-0.25, -0.2) is 15.0 Å². The summed E-state index contributed by atoms with van der Waals surface area (Å²) in [5, 5.41) is 13.8. The Kier molecular flexibility index (Phi) is 5.56. The lowest BCUT2D eigenvalue weighted by molar-refractivity contribution is 0.356. The third-order valence-electron chi connectivity index (χ3n) is 4.75. The van der Waals surface area contributed by atoms with Crippen LogP contribution in [0.1, 0.15) is 31.4 Å². The number of ether oxygens (including phenoxy) is 1. The zero-order valence-electron chi connectivity index (χ0n) is 16.5. The number of fused-ring (bicyclic) bond motifs is 2. The maximum atomic E-state index is 9.61. The molecule has 1 aliphatic heterocycles. The number of nitrogens with zero attached hydrogens (tertiary/aromatic N) is 5. The zero-order chi connectivity index (χ0) is 20.4. The van der Waals surface area contributed by atoms with Crippen molar-refractivity contribution in [2.45, 2.75) is 49.3 Å². The van der Waals surface area contributed by atoms with Gasteiger partial charge in [0.25, 0.3) is 0 Å². The van der Waals surface area contributed by atoms with Crippen LogP contribution in [-0.4, -0.2) is 38.7 Å². The van der Waals surface area contributed by atoms with Crippen LogP contribution in [0.3, 0.4) is 0 Å². The molecule has 0 saturated heterocycles. The highest BCUT2D eigenvalue weighted by atomic mass is 32.2. The number of aryl methyl sites for hydroxylation is 1. The van der Waals surface area contributed by atoms with E-state index >= 15 is 0 Å². The first-order valence-electron chi connectivity index (χ1n) is 9.64. The van der Waals surface area contributed by atoms with Crippen molar-refractivity contribution in [3.63, 3.8) is 0 Å². The van der Waals surface area contributed by atoms with Gasteiger partial charge in [-0.3, -0.25) is 0 Å². The fourth-order valence-electron chi connectivity index (χ4n) is 3.31. The molecule has 2 aromatic heterocycles. The summed E-state index contributed by atoms with van der Waals surface area (Å²) in [6.07, 6.45) is 3.23. The predicted octanol–water partition coefficient (Wildman–Crippen LogP) is 2.75. The number of aromatic nitrogens is 4. The van der Waals surface area contributed by atoms with E-state index in [-0.39, 0.29) is 0 Å². The van der Waals surface area contributed by atoms with Crippen LogP contribution in [0.5, 0.6) is 5.75 Å². The number of anilines is 1. The number of nitriles is 1. The van der Waals surface area contributed by atoms with E-state index in [9.17, 15) is 5.26 Å². The van der Waals surface area contributed by atoms with Gasteiger partial charge < -0.3 is 20.4 Å². The minimum absolute atomic E-state index is 0.360. The van der Waals surface area contributed by atoms with Crippen molar-refractivity contribution in [3.8, 4) is 11.8 Å². The van der Waals surface area contributed by atoms with Crippen LogP contribution in [-0.2, 0) is 13.0 Å². The van der Waals surface area contributed by atoms with E-state index < -0.39 is 0 Å². The lowest BCUT2D eigenvalue weighted by Crippen LogP contribution is -2.24. The van der Waals surface area contributed by atoms with E-state index in [1.165, 1.54) is 18.1 Å². The first kappa shape index (κ1) is 19.5. The summed E-state index contributed by atoms with van der Waals surface area (Å²) in [5.41, 5.74) is 9.05. The molecule has 4 rings (SSSR count). The summed E-state index contributed by atoms with van der Waals surface area (Å²) >= 11 is 1.46. The van der Waals surface area contributed by atoms with Crippen LogP contribution in [0, 0.1) is 11.3 Å². The Morgan fingerprint density at radius 3 is 3.03 bits per heavy atom. The van der Waals surface area contributed by atoms with E-state index in [2.05, 4.69) is 39.8 Å².